The zero-order chi connectivity index (χ0) is 11.8. The minimum atomic E-state index is -1.01. The molecule has 0 spiro atoms. The Kier molecular flexibility index (Phi) is 6.25. The molecule has 0 unspecified atom stereocenters. The van der Waals surface area contributed by atoms with Crippen molar-refractivity contribution < 1.29 is 19.1 Å². The van der Waals surface area contributed by atoms with E-state index in [1.807, 2.05) is 0 Å². The molecule has 1 amide bonds. The first-order chi connectivity index (χ1) is 6.97. The Morgan fingerprint density at radius 1 is 1.47 bits per heavy atom. The molecule has 0 aliphatic carbocycles. The van der Waals surface area contributed by atoms with Gasteiger partial charge in [0.15, 0.2) is 0 Å². The number of hydrogen-bond donors (Lipinski definition) is 0. The van der Waals surface area contributed by atoms with Crippen molar-refractivity contribution in [3.8, 4) is 0 Å². The smallest absolute Gasteiger partial charge is 0.305 e. The van der Waals surface area contributed by atoms with E-state index in [9.17, 15) is 14.4 Å². The maximum atomic E-state index is 11.1. The molecule has 0 aromatic carbocycles. The third kappa shape index (κ3) is 6.59. The van der Waals surface area contributed by atoms with E-state index in [0.717, 1.165) is 0 Å². The van der Waals surface area contributed by atoms with Crippen molar-refractivity contribution in [1.82, 2.24) is 0 Å². The predicted molar refractivity (Wildman–Crippen MR) is 54.9 cm³/mol. The SMILES string of the molecule is [B][C@@H](CC(=O)OC)C(=O)N=CCC(C)=O. The van der Waals surface area contributed by atoms with Crippen LogP contribution in [0.3, 0.4) is 0 Å². The van der Waals surface area contributed by atoms with Crippen molar-refractivity contribution in [3.05, 3.63) is 0 Å². The number of Topliss-reactive ketones (excluding diaryl/α,β-unsaturated/α-hetero) is 1. The first-order valence-electron chi connectivity index (χ1n) is 4.35. The topological polar surface area (TPSA) is 72.8 Å². The van der Waals surface area contributed by atoms with Crippen molar-refractivity contribution >= 4 is 31.7 Å². The van der Waals surface area contributed by atoms with Crippen LogP contribution in [0.15, 0.2) is 4.99 Å². The highest BCUT2D eigenvalue weighted by Gasteiger charge is 2.15. The standard InChI is InChI=1S/C9H12BNO4/c1-6(12)3-4-11-9(14)7(10)5-8(13)15-2/h4,7H,3,5H2,1-2H3/t7-/m0/s1. The summed E-state index contributed by atoms with van der Waals surface area (Å²) in [5, 5.41) is 0. The number of carbonyl (C=O) groups excluding carboxylic acids is 3. The molecule has 0 aliphatic heterocycles. The van der Waals surface area contributed by atoms with E-state index >= 15 is 0 Å². The molecule has 0 aliphatic rings. The average Bonchev–Trinajstić information content (AvgIpc) is 2.16. The third-order valence-corrected chi connectivity index (χ3v) is 1.53. The molecule has 2 radical (unpaired) electrons. The van der Waals surface area contributed by atoms with Crippen LogP contribution >= 0.6 is 0 Å². The number of rotatable bonds is 5. The molecule has 0 heterocycles. The summed E-state index contributed by atoms with van der Waals surface area (Å²) in [6.07, 6.45) is 1.05. The van der Waals surface area contributed by atoms with E-state index < -0.39 is 17.7 Å². The molecular formula is C9H12BNO4. The summed E-state index contributed by atoms with van der Waals surface area (Å²) in [6.45, 7) is 1.38. The number of esters is 1. The maximum Gasteiger partial charge on any atom is 0.305 e. The number of methoxy groups -OCH3 is 1. The monoisotopic (exact) mass is 209 g/mol. The van der Waals surface area contributed by atoms with Gasteiger partial charge in [-0.1, -0.05) is 0 Å². The van der Waals surface area contributed by atoms with Crippen LogP contribution in [-0.2, 0) is 19.1 Å². The number of amides is 1. The normalized spacial score (nSPS) is 12.4. The Labute approximate surface area is 89.3 Å². The summed E-state index contributed by atoms with van der Waals surface area (Å²) < 4.78 is 4.34. The minimum Gasteiger partial charge on any atom is -0.469 e. The number of ether oxygens (including phenoxy) is 1. The van der Waals surface area contributed by atoms with Crippen LogP contribution in [0.25, 0.3) is 0 Å². The number of nitrogens with zero attached hydrogens (tertiary/aromatic N) is 1. The van der Waals surface area contributed by atoms with Gasteiger partial charge in [0.05, 0.1) is 15.0 Å². The average molecular weight is 209 g/mol. The van der Waals surface area contributed by atoms with Gasteiger partial charge in [-0.2, -0.15) is 0 Å². The van der Waals surface area contributed by atoms with Crippen LogP contribution in [-0.4, -0.2) is 38.8 Å². The molecule has 6 heteroatoms. The quantitative estimate of drug-likeness (QED) is 0.365. The molecule has 0 saturated carbocycles. The van der Waals surface area contributed by atoms with Crippen LogP contribution in [0.4, 0.5) is 0 Å². The van der Waals surface area contributed by atoms with Gasteiger partial charge in [0.2, 0.25) is 5.91 Å². The van der Waals surface area contributed by atoms with Crippen LogP contribution in [0.2, 0.25) is 5.82 Å². The molecule has 0 aromatic heterocycles. The molecule has 0 fully saturated rings. The molecule has 1 atom stereocenters. The van der Waals surface area contributed by atoms with Crippen molar-refractivity contribution in [3.63, 3.8) is 0 Å². The Balaban J connectivity index is 4.04. The van der Waals surface area contributed by atoms with E-state index in [0.29, 0.717) is 0 Å². The summed E-state index contributed by atoms with van der Waals surface area (Å²) in [4.78, 5) is 35.8. The van der Waals surface area contributed by atoms with Crippen molar-refractivity contribution in [2.45, 2.75) is 25.6 Å². The highest BCUT2D eigenvalue weighted by Crippen LogP contribution is 2.08. The van der Waals surface area contributed by atoms with E-state index in [4.69, 9.17) is 7.85 Å². The fourth-order valence-electron chi connectivity index (χ4n) is 0.710. The molecular weight excluding hydrogens is 197 g/mol. The van der Waals surface area contributed by atoms with Gasteiger partial charge in [-0.15, -0.1) is 0 Å². The van der Waals surface area contributed by atoms with Gasteiger partial charge in [-0.25, -0.2) is 4.99 Å². The van der Waals surface area contributed by atoms with E-state index in [-0.39, 0.29) is 18.6 Å². The van der Waals surface area contributed by atoms with Crippen molar-refractivity contribution in [1.29, 1.82) is 0 Å². The number of hydrogen-bond acceptors (Lipinski definition) is 4. The van der Waals surface area contributed by atoms with Gasteiger partial charge in [-0.05, 0) is 6.92 Å². The summed E-state index contributed by atoms with van der Waals surface area (Å²) in [5.74, 6) is -2.33. The van der Waals surface area contributed by atoms with Crippen molar-refractivity contribution in [2.75, 3.05) is 7.11 Å². The summed E-state index contributed by atoms with van der Waals surface area (Å²) in [5.41, 5.74) is 0. The fraction of sp³-hybridized carbons (Fsp3) is 0.556. The summed E-state index contributed by atoms with van der Waals surface area (Å²) in [7, 11) is 6.57. The first-order valence-corrected chi connectivity index (χ1v) is 4.35. The zero-order valence-corrected chi connectivity index (χ0v) is 8.73. The maximum absolute atomic E-state index is 11.1. The second-order valence-corrected chi connectivity index (χ2v) is 2.94. The van der Waals surface area contributed by atoms with E-state index in [1.54, 1.807) is 0 Å². The lowest BCUT2D eigenvalue weighted by Gasteiger charge is -2.04. The molecule has 0 bridgehead atoms. The Hall–Kier alpha value is -1.46. The minimum absolute atomic E-state index is 0.0800. The summed E-state index contributed by atoms with van der Waals surface area (Å²) in [6, 6.07) is 0. The molecule has 5 nitrogen and oxygen atoms in total. The highest BCUT2D eigenvalue weighted by atomic mass is 16.5. The lowest BCUT2D eigenvalue weighted by molar-refractivity contribution is -0.141. The van der Waals surface area contributed by atoms with Crippen LogP contribution in [0, 0.1) is 0 Å². The molecule has 80 valence electrons. The lowest BCUT2D eigenvalue weighted by Crippen LogP contribution is -2.13. The van der Waals surface area contributed by atoms with Crippen LogP contribution in [0.1, 0.15) is 19.8 Å². The molecule has 0 N–H and O–H groups in total. The van der Waals surface area contributed by atoms with Crippen LogP contribution < -0.4 is 0 Å². The van der Waals surface area contributed by atoms with Crippen LogP contribution in [0.5, 0.6) is 0 Å². The second kappa shape index (κ2) is 6.92. The fourth-order valence-corrected chi connectivity index (χ4v) is 0.710. The second-order valence-electron chi connectivity index (χ2n) is 2.94. The van der Waals surface area contributed by atoms with Gasteiger partial charge in [0.25, 0.3) is 0 Å². The lowest BCUT2D eigenvalue weighted by atomic mass is 9.84. The summed E-state index contributed by atoms with van der Waals surface area (Å²) >= 11 is 0. The molecule has 0 aromatic rings. The van der Waals surface area contributed by atoms with E-state index in [1.165, 1.54) is 20.2 Å². The number of aliphatic imine (C=N–C) groups is 1. The van der Waals surface area contributed by atoms with Gasteiger partial charge in [-0.3, -0.25) is 14.4 Å². The van der Waals surface area contributed by atoms with Crippen molar-refractivity contribution in [2.24, 2.45) is 4.99 Å². The Morgan fingerprint density at radius 3 is 2.53 bits per heavy atom. The molecule has 0 rings (SSSR count). The predicted octanol–water partition coefficient (Wildman–Crippen LogP) is 0.0830. The molecule has 15 heavy (non-hydrogen) atoms. The number of carbonyl (C=O) groups is 3. The van der Waals surface area contributed by atoms with E-state index in [2.05, 4.69) is 9.73 Å². The van der Waals surface area contributed by atoms with Gasteiger partial charge < -0.3 is 4.74 Å². The Morgan fingerprint density at radius 2 is 2.07 bits per heavy atom. The van der Waals surface area contributed by atoms with Gasteiger partial charge >= 0.3 is 5.97 Å². The number of ketones is 1. The first kappa shape index (κ1) is 13.5. The van der Waals surface area contributed by atoms with Gasteiger partial charge in [0.1, 0.15) is 5.78 Å². The Bertz CT molecular complexity index is 288. The molecule has 0 saturated heterocycles. The largest absolute Gasteiger partial charge is 0.469 e. The van der Waals surface area contributed by atoms with Gasteiger partial charge in [0, 0.05) is 24.9 Å². The third-order valence-electron chi connectivity index (χ3n) is 1.53. The highest BCUT2D eigenvalue weighted by molar-refractivity contribution is 6.25. The zero-order valence-electron chi connectivity index (χ0n) is 8.73.